The van der Waals surface area contributed by atoms with E-state index in [0.717, 1.165) is 6.26 Å². The third-order valence-electron chi connectivity index (χ3n) is 3.42. The summed E-state index contributed by atoms with van der Waals surface area (Å²) in [5.41, 5.74) is 1.04. The smallest absolute Gasteiger partial charge is 0.245 e. The van der Waals surface area contributed by atoms with Crippen LogP contribution in [0.3, 0.4) is 0 Å². The van der Waals surface area contributed by atoms with E-state index in [1.54, 1.807) is 37.6 Å². The van der Waals surface area contributed by atoms with Gasteiger partial charge in [-0.1, -0.05) is 11.6 Å². The van der Waals surface area contributed by atoms with Gasteiger partial charge in [0, 0.05) is 19.0 Å². The third kappa shape index (κ3) is 3.70. The Morgan fingerprint density at radius 1 is 1.48 bits per heavy atom. The number of aromatic nitrogens is 3. The second kappa shape index (κ2) is 6.67. The van der Waals surface area contributed by atoms with E-state index in [0.29, 0.717) is 11.4 Å². The largest absolute Gasteiger partial charge is 0.307 e. The van der Waals surface area contributed by atoms with Gasteiger partial charge in [0.1, 0.15) is 10.9 Å². The van der Waals surface area contributed by atoms with Crippen molar-refractivity contribution in [3.63, 3.8) is 0 Å². The third-order valence-corrected chi connectivity index (χ3v) is 5.18. The predicted molar refractivity (Wildman–Crippen MR) is 88.7 cm³/mol. The summed E-state index contributed by atoms with van der Waals surface area (Å²) in [6.07, 6.45) is 5.84. The van der Waals surface area contributed by atoms with Gasteiger partial charge in [0.25, 0.3) is 0 Å². The van der Waals surface area contributed by atoms with E-state index >= 15 is 0 Å². The molecule has 0 fully saturated rings. The molecule has 0 aliphatic carbocycles. The van der Waals surface area contributed by atoms with Crippen molar-refractivity contribution in [2.45, 2.75) is 19.1 Å². The molecule has 9 heteroatoms. The molecule has 0 saturated carbocycles. The summed E-state index contributed by atoms with van der Waals surface area (Å²) >= 11 is 6.14. The Kier molecular flexibility index (Phi) is 5.06. The topological polar surface area (TPSA) is 85.2 Å². The van der Waals surface area contributed by atoms with Gasteiger partial charge in [-0.3, -0.25) is 9.78 Å². The number of pyridine rings is 1. The fourth-order valence-corrected chi connectivity index (χ4v) is 2.72. The van der Waals surface area contributed by atoms with Gasteiger partial charge in [-0.15, -0.1) is 0 Å². The van der Waals surface area contributed by atoms with Crippen molar-refractivity contribution >= 4 is 33.0 Å². The van der Waals surface area contributed by atoms with E-state index in [2.05, 4.69) is 10.1 Å². The molecule has 2 aromatic rings. The molecule has 2 rings (SSSR count). The molecule has 1 amide bonds. The average Bonchev–Trinajstić information content (AvgIpc) is 2.89. The highest BCUT2D eigenvalue weighted by molar-refractivity contribution is 7.92. The van der Waals surface area contributed by atoms with Crippen molar-refractivity contribution in [3.8, 4) is 5.69 Å². The molecule has 23 heavy (non-hydrogen) atoms. The first-order valence-corrected chi connectivity index (χ1v) is 9.24. The molecule has 0 radical (unpaired) electrons. The number of carbonyl (C=O) groups is 1. The molecule has 124 valence electrons. The van der Waals surface area contributed by atoms with Crippen molar-refractivity contribution in [2.75, 3.05) is 17.7 Å². The molecule has 0 N–H and O–H groups in total. The van der Waals surface area contributed by atoms with Gasteiger partial charge < -0.3 is 4.90 Å². The van der Waals surface area contributed by atoms with Gasteiger partial charge in [-0.25, -0.2) is 13.1 Å². The second-order valence-electron chi connectivity index (χ2n) is 5.02. The minimum Gasteiger partial charge on any atom is -0.307 e. The first-order valence-electron chi connectivity index (χ1n) is 6.91. The van der Waals surface area contributed by atoms with Gasteiger partial charge in [0.2, 0.25) is 5.91 Å². The van der Waals surface area contributed by atoms with Gasteiger partial charge in [0.15, 0.2) is 15.0 Å². The van der Waals surface area contributed by atoms with Gasteiger partial charge in [-0.2, -0.15) is 5.10 Å². The molecule has 0 aliphatic heterocycles. The number of sulfone groups is 1. The molecule has 0 aliphatic rings. The standard InChI is InChI=1S/C14H17ClN4O3S/c1-4-18(14(20)10(2)23(3,21)22)12-9-19(17-13(12)15)11-6-5-7-16-8-11/h5-10H,4H2,1-3H3. The van der Waals surface area contributed by atoms with Crippen molar-refractivity contribution in [1.82, 2.24) is 14.8 Å². The summed E-state index contributed by atoms with van der Waals surface area (Å²) in [4.78, 5) is 17.8. The van der Waals surface area contributed by atoms with Crippen LogP contribution >= 0.6 is 11.6 Å². The van der Waals surface area contributed by atoms with Gasteiger partial charge in [-0.05, 0) is 26.0 Å². The predicted octanol–water partition coefficient (Wildman–Crippen LogP) is 1.71. The summed E-state index contributed by atoms with van der Waals surface area (Å²) in [7, 11) is -3.49. The van der Waals surface area contributed by atoms with Crippen LogP contribution in [0, 0.1) is 0 Å². The first kappa shape index (κ1) is 17.4. The zero-order chi connectivity index (χ0) is 17.2. The highest BCUT2D eigenvalue weighted by atomic mass is 35.5. The van der Waals surface area contributed by atoms with E-state index in [-0.39, 0.29) is 11.7 Å². The normalized spacial score (nSPS) is 12.9. The van der Waals surface area contributed by atoms with E-state index < -0.39 is 21.0 Å². The van der Waals surface area contributed by atoms with Crippen molar-refractivity contribution < 1.29 is 13.2 Å². The van der Waals surface area contributed by atoms with E-state index in [9.17, 15) is 13.2 Å². The Labute approximate surface area is 139 Å². The number of halogens is 1. The van der Waals surface area contributed by atoms with Crippen LogP contribution in [0.5, 0.6) is 0 Å². The van der Waals surface area contributed by atoms with Crippen LogP contribution in [0.2, 0.25) is 5.15 Å². The lowest BCUT2D eigenvalue weighted by atomic mass is 10.3. The van der Waals surface area contributed by atoms with Crippen LogP contribution in [-0.4, -0.2) is 47.1 Å². The molecule has 2 heterocycles. The summed E-state index contributed by atoms with van der Waals surface area (Å²) in [5.74, 6) is -0.539. The Balaban J connectivity index is 2.40. The van der Waals surface area contributed by atoms with Crippen LogP contribution in [0.25, 0.3) is 5.69 Å². The number of nitrogens with zero attached hydrogens (tertiary/aromatic N) is 4. The average molecular weight is 357 g/mol. The number of anilines is 1. The maximum Gasteiger partial charge on any atom is 0.245 e. The van der Waals surface area contributed by atoms with Gasteiger partial charge >= 0.3 is 0 Å². The first-order chi connectivity index (χ1) is 10.8. The van der Waals surface area contributed by atoms with E-state index in [4.69, 9.17) is 11.6 Å². The number of hydrogen-bond acceptors (Lipinski definition) is 5. The van der Waals surface area contributed by atoms with Crippen LogP contribution in [0.1, 0.15) is 13.8 Å². The highest BCUT2D eigenvalue weighted by Crippen LogP contribution is 2.27. The van der Waals surface area contributed by atoms with Crippen molar-refractivity contribution in [1.29, 1.82) is 0 Å². The number of hydrogen-bond donors (Lipinski definition) is 0. The lowest BCUT2D eigenvalue weighted by Gasteiger charge is -2.22. The molecule has 0 aromatic carbocycles. The van der Waals surface area contributed by atoms with Crippen LogP contribution in [0.4, 0.5) is 5.69 Å². The maximum absolute atomic E-state index is 12.5. The summed E-state index contributed by atoms with van der Waals surface area (Å²) in [6.45, 7) is 3.38. The number of rotatable bonds is 5. The monoisotopic (exact) mass is 356 g/mol. The minimum atomic E-state index is -3.49. The fraction of sp³-hybridized carbons (Fsp3) is 0.357. The quantitative estimate of drug-likeness (QED) is 0.814. The summed E-state index contributed by atoms with van der Waals surface area (Å²) < 4.78 is 24.7. The fourth-order valence-electron chi connectivity index (χ4n) is 1.99. The molecule has 1 atom stereocenters. The maximum atomic E-state index is 12.5. The Bertz CT molecular complexity index is 805. The SMILES string of the molecule is CCN(C(=O)C(C)S(C)(=O)=O)c1cn(-c2cccnc2)nc1Cl. The minimum absolute atomic E-state index is 0.116. The summed E-state index contributed by atoms with van der Waals surface area (Å²) in [6, 6.07) is 3.54. The highest BCUT2D eigenvalue weighted by Gasteiger charge is 2.30. The van der Waals surface area contributed by atoms with Crippen molar-refractivity contribution in [2.24, 2.45) is 0 Å². The van der Waals surface area contributed by atoms with Crippen LogP contribution in [0.15, 0.2) is 30.7 Å². The molecule has 7 nitrogen and oxygen atoms in total. The van der Waals surface area contributed by atoms with Gasteiger partial charge in [0.05, 0.1) is 18.1 Å². The number of amides is 1. The number of carbonyl (C=O) groups excluding carboxylic acids is 1. The lowest BCUT2D eigenvalue weighted by molar-refractivity contribution is -0.117. The molecular weight excluding hydrogens is 340 g/mol. The van der Waals surface area contributed by atoms with Crippen molar-refractivity contribution in [3.05, 3.63) is 35.9 Å². The Hall–Kier alpha value is -1.93. The lowest BCUT2D eigenvalue weighted by Crippen LogP contribution is -2.41. The van der Waals surface area contributed by atoms with E-state index in [1.807, 2.05) is 0 Å². The Morgan fingerprint density at radius 2 is 2.17 bits per heavy atom. The van der Waals surface area contributed by atoms with Crippen LogP contribution in [-0.2, 0) is 14.6 Å². The molecular formula is C14H17ClN4O3S. The zero-order valence-corrected chi connectivity index (χ0v) is 14.5. The molecule has 0 saturated heterocycles. The van der Waals surface area contributed by atoms with E-state index in [1.165, 1.54) is 16.5 Å². The van der Waals surface area contributed by atoms with Crippen LogP contribution < -0.4 is 4.90 Å². The summed E-state index contributed by atoms with van der Waals surface area (Å²) in [5, 5.41) is 3.12. The molecule has 2 aromatic heterocycles. The molecule has 0 spiro atoms. The molecule has 1 unspecified atom stereocenters. The molecule has 0 bridgehead atoms. The zero-order valence-electron chi connectivity index (χ0n) is 13.0. The second-order valence-corrected chi connectivity index (χ2v) is 7.74. The Morgan fingerprint density at radius 3 is 2.70 bits per heavy atom.